The second-order valence-corrected chi connectivity index (χ2v) is 7.04. The fraction of sp³-hybridized carbons (Fsp3) is 0.133. The molecule has 0 fully saturated rings. The fourth-order valence-electron chi connectivity index (χ4n) is 1.65. The zero-order valence-corrected chi connectivity index (χ0v) is 13.7. The van der Waals surface area contributed by atoms with E-state index in [0.717, 1.165) is 14.4 Å². The van der Waals surface area contributed by atoms with Gasteiger partial charge < -0.3 is 10.2 Å². The van der Waals surface area contributed by atoms with Gasteiger partial charge >= 0.3 is 0 Å². The molecule has 2 N–H and O–H groups in total. The molecule has 0 unspecified atom stereocenters. The van der Waals surface area contributed by atoms with Crippen LogP contribution >= 0.6 is 27.3 Å². The lowest BCUT2D eigenvalue weighted by atomic mass is 10.2. The van der Waals surface area contributed by atoms with Gasteiger partial charge in [-0.25, -0.2) is 0 Å². The highest BCUT2D eigenvalue weighted by Gasteiger charge is 2.02. The summed E-state index contributed by atoms with van der Waals surface area (Å²) in [6.45, 7) is 0. The first-order valence-electron chi connectivity index (χ1n) is 6.19. The summed E-state index contributed by atoms with van der Waals surface area (Å²) in [6, 6.07) is 11.8. The van der Waals surface area contributed by atoms with Gasteiger partial charge in [0, 0.05) is 28.8 Å². The minimum atomic E-state index is -0.125. The summed E-state index contributed by atoms with van der Waals surface area (Å²) >= 11 is 4.98. The number of nitrogens with one attached hydrogen (secondary N) is 2. The van der Waals surface area contributed by atoms with Crippen LogP contribution in [0.15, 0.2) is 46.3 Å². The van der Waals surface area contributed by atoms with E-state index in [-0.39, 0.29) is 5.91 Å². The van der Waals surface area contributed by atoms with E-state index in [0.29, 0.717) is 0 Å². The highest BCUT2D eigenvalue weighted by molar-refractivity contribution is 9.11. The normalized spacial score (nSPS) is 11.2. The zero-order valence-electron chi connectivity index (χ0n) is 11.3. The van der Waals surface area contributed by atoms with Gasteiger partial charge in [0.2, 0.25) is 5.91 Å². The molecule has 0 aliphatic carbocycles. The van der Waals surface area contributed by atoms with Crippen LogP contribution in [0, 0.1) is 0 Å². The number of rotatable bonds is 4. The van der Waals surface area contributed by atoms with Gasteiger partial charge in [-0.05, 0) is 46.3 Å². The van der Waals surface area contributed by atoms with Crippen molar-refractivity contribution in [1.82, 2.24) is 0 Å². The van der Waals surface area contributed by atoms with Crippen molar-refractivity contribution < 1.29 is 9.69 Å². The molecule has 2 aromatic rings. The number of carbonyl (C=O) groups excluding carboxylic acids is 1. The predicted molar refractivity (Wildman–Crippen MR) is 88.6 cm³/mol. The Morgan fingerprint density at radius 2 is 1.90 bits per heavy atom. The second kappa shape index (κ2) is 6.83. The van der Waals surface area contributed by atoms with Crippen LogP contribution in [0.4, 0.5) is 11.4 Å². The maximum atomic E-state index is 11.8. The van der Waals surface area contributed by atoms with E-state index in [4.69, 9.17) is 0 Å². The molecule has 1 amide bonds. The van der Waals surface area contributed by atoms with Crippen LogP contribution < -0.4 is 10.2 Å². The molecule has 104 valence electrons. The van der Waals surface area contributed by atoms with Gasteiger partial charge in [0.05, 0.1) is 17.9 Å². The van der Waals surface area contributed by atoms with E-state index in [9.17, 15) is 4.79 Å². The predicted octanol–water partition coefficient (Wildman–Crippen LogP) is 2.94. The molecule has 0 aliphatic heterocycles. The third kappa shape index (κ3) is 4.30. The molecular formula is C15H16BrN2OS+. The Labute approximate surface area is 131 Å². The van der Waals surface area contributed by atoms with Crippen molar-refractivity contribution in [3.8, 4) is 0 Å². The van der Waals surface area contributed by atoms with Crippen molar-refractivity contribution >= 4 is 50.6 Å². The smallest absolute Gasteiger partial charge is 0.248 e. The first-order valence-corrected chi connectivity index (χ1v) is 7.80. The van der Waals surface area contributed by atoms with Crippen molar-refractivity contribution in [2.45, 2.75) is 0 Å². The van der Waals surface area contributed by atoms with Crippen molar-refractivity contribution in [2.75, 3.05) is 19.4 Å². The average Bonchev–Trinajstić information content (AvgIpc) is 2.83. The van der Waals surface area contributed by atoms with Crippen LogP contribution in [0.1, 0.15) is 4.88 Å². The third-order valence-electron chi connectivity index (χ3n) is 2.72. The van der Waals surface area contributed by atoms with Gasteiger partial charge in [-0.3, -0.25) is 4.79 Å². The molecular weight excluding hydrogens is 336 g/mol. The van der Waals surface area contributed by atoms with Crippen molar-refractivity contribution in [1.29, 1.82) is 0 Å². The number of carbonyl (C=O) groups is 1. The molecule has 1 aromatic carbocycles. The summed E-state index contributed by atoms with van der Waals surface area (Å²) < 4.78 is 1.05. The molecule has 0 spiro atoms. The Bertz CT molecular complexity index is 617. The lowest BCUT2D eigenvalue weighted by Gasteiger charge is -2.07. The lowest BCUT2D eigenvalue weighted by Crippen LogP contribution is -3.00. The Hall–Kier alpha value is -1.43. The molecule has 5 heteroatoms. The van der Waals surface area contributed by atoms with Gasteiger partial charge in [0.1, 0.15) is 5.69 Å². The number of halogens is 1. The summed E-state index contributed by atoms with van der Waals surface area (Å²) in [6.07, 6.45) is 3.35. The molecule has 1 heterocycles. The topological polar surface area (TPSA) is 33.5 Å². The molecule has 20 heavy (non-hydrogen) atoms. The van der Waals surface area contributed by atoms with Gasteiger partial charge in [-0.1, -0.05) is 0 Å². The molecule has 2 rings (SSSR count). The maximum absolute atomic E-state index is 11.8. The number of thiophene rings is 1. The Morgan fingerprint density at radius 3 is 2.45 bits per heavy atom. The van der Waals surface area contributed by atoms with Crippen LogP contribution in [0.3, 0.4) is 0 Å². The SMILES string of the molecule is C[NH+](C)c1ccc(NC(=O)/C=C/c2ccc(Br)s2)cc1. The van der Waals surface area contributed by atoms with Crippen LogP contribution in [-0.4, -0.2) is 20.0 Å². The molecule has 1 aromatic heterocycles. The number of anilines is 1. The Kier molecular flexibility index (Phi) is 5.11. The molecule has 0 bridgehead atoms. The highest BCUT2D eigenvalue weighted by Crippen LogP contribution is 2.23. The molecule has 0 aliphatic rings. The van der Waals surface area contributed by atoms with Crippen LogP contribution in [0.5, 0.6) is 0 Å². The molecule has 0 saturated carbocycles. The van der Waals surface area contributed by atoms with E-state index < -0.39 is 0 Å². The summed E-state index contributed by atoms with van der Waals surface area (Å²) in [4.78, 5) is 14.1. The summed E-state index contributed by atoms with van der Waals surface area (Å²) in [5.41, 5.74) is 1.99. The first kappa shape index (κ1) is 15.0. The van der Waals surface area contributed by atoms with Crippen molar-refractivity contribution in [2.24, 2.45) is 0 Å². The zero-order chi connectivity index (χ0) is 14.5. The summed E-state index contributed by atoms with van der Waals surface area (Å²) in [7, 11) is 4.13. The minimum absolute atomic E-state index is 0.125. The largest absolute Gasteiger partial charge is 0.323 e. The Morgan fingerprint density at radius 1 is 1.20 bits per heavy atom. The lowest BCUT2D eigenvalue weighted by molar-refractivity contribution is -0.786. The molecule has 3 nitrogen and oxygen atoms in total. The number of amides is 1. The number of benzene rings is 1. The van der Waals surface area contributed by atoms with E-state index in [1.807, 2.05) is 42.5 Å². The van der Waals surface area contributed by atoms with Crippen LogP contribution in [0.25, 0.3) is 6.08 Å². The second-order valence-electron chi connectivity index (χ2n) is 4.54. The monoisotopic (exact) mass is 351 g/mol. The molecule has 0 atom stereocenters. The fourth-order valence-corrected chi connectivity index (χ4v) is 2.97. The quantitative estimate of drug-likeness (QED) is 0.815. The first-order chi connectivity index (χ1) is 9.54. The summed E-state index contributed by atoms with van der Waals surface area (Å²) in [5.74, 6) is -0.125. The van der Waals surface area contributed by atoms with E-state index in [2.05, 4.69) is 35.3 Å². The van der Waals surface area contributed by atoms with Gasteiger partial charge in [-0.2, -0.15) is 0 Å². The van der Waals surface area contributed by atoms with E-state index in [1.54, 1.807) is 17.4 Å². The van der Waals surface area contributed by atoms with Gasteiger partial charge in [0.15, 0.2) is 0 Å². The molecule has 0 saturated heterocycles. The highest BCUT2D eigenvalue weighted by atomic mass is 79.9. The number of hydrogen-bond donors (Lipinski definition) is 2. The van der Waals surface area contributed by atoms with Crippen LogP contribution in [-0.2, 0) is 4.79 Å². The maximum Gasteiger partial charge on any atom is 0.248 e. The van der Waals surface area contributed by atoms with Crippen molar-refractivity contribution in [3.63, 3.8) is 0 Å². The average molecular weight is 352 g/mol. The Balaban J connectivity index is 1.95. The minimum Gasteiger partial charge on any atom is -0.323 e. The standard InChI is InChI=1S/C15H15BrN2OS/c1-18(2)12-5-3-11(4-6-12)17-15(19)10-8-13-7-9-14(16)20-13/h3-10H,1-2H3,(H,17,19)/p+1/b10-8+. The summed E-state index contributed by atoms with van der Waals surface area (Å²) in [5, 5.41) is 2.84. The van der Waals surface area contributed by atoms with Crippen LogP contribution in [0.2, 0.25) is 0 Å². The van der Waals surface area contributed by atoms with Crippen molar-refractivity contribution in [3.05, 3.63) is 51.1 Å². The third-order valence-corrected chi connectivity index (χ3v) is 4.31. The molecule has 0 radical (unpaired) electrons. The number of hydrogen-bond acceptors (Lipinski definition) is 2. The van der Waals surface area contributed by atoms with E-state index in [1.165, 1.54) is 10.6 Å². The van der Waals surface area contributed by atoms with Gasteiger partial charge in [-0.15, -0.1) is 11.3 Å². The van der Waals surface area contributed by atoms with Gasteiger partial charge in [0.25, 0.3) is 0 Å². The number of quaternary nitrogens is 1. The van der Waals surface area contributed by atoms with E-state index >= 15 is 0 Å².